The van der Waals surface area contributed by atoms with Crippen molar-refractivity contribution >= 4 is 5.69 Å². The van der Waals surface area contributed by atoms with Crippen LogP contribution < -0.4 is 10.2 Å². The van der Waals surface area contributed by atoms with Crippen LogP contribution in [0.3, 0.4) is 0 Å². The molecule has 0 heterocycles. The highest BCUT2D eigenvalue weighted by atomic mass is 16.3. The molecule has 0 fully saturated rings. The smallest absolute Gasteiger partial charge is 0.0613 e. The third-order valence-electron chi connectivity index (χ3n) is 4.34. The van der Waals surface area contributed by atoms with E-state index < -0.39 is 0 Å². The second-order valence-electron chi connectivity index (χ2n) is 5.56. The summed E-state index contributed by atoms with van der Waals surface area (Å²) in [6.07, 6.45) is 3.03. The lowest BCUT2D eigenvalue weighted by molar-refractivity contribution is 0.153. The van der Waals surface area contributed by atoms with Gasteiger partial charge in [-0.2, -0.15) is 0 Å². The van der Waals surface area contributed by atoms with Crippen molar-refractivity contribution in [2.24, 2.45) is 0 Å². The minimum absolute atomic E-state index is 0.119. The number of hydrogen-bond acceptors (Lipinski definition) is 3. The molecule has 0 saturated heterocycles. The third-order valence-corrected chi connectivity index (χ3v) is 4.34. The van der Waals surface area contributed by atoms with Gasteiger partial charge >= 0.3 is 0 Å². The summed E-state index contributed by atoms with van der Waals surface area (Å²) in [6, 6.07) is 8.66. The van der Waals surface area contributed by atoms with Crippen molar-refractivity contribution in [3.63, 3.8) is 0 Å². The molecule has 0 amide bonds. The molecule has 114 valence electrons. The zero-order valence-electron chi connectivity index (χ0n) is 13.4. The number of aryl methyl sites for hydroxylation is 1. The molecule has 1 aromatic carbocycles. The van der Waals surface area contributed by atoms with E-state index in [1.54, 1.807) is 0 Å². The van der Waals surface area contributed by atoms with E-state index in [4.69, 9.17) is 0 Å². The molecule has 0 bridgehead atoms. The maximum absolute atomic E-state index is 9.58. The van der Waals surface area contributed by atoms with Crippen LogP contribution in [0.5, 0.6) is 0 Å². The van der Waals surface area contributed by atoms with Gasteiger partial charge in [-0.25, -0.2) is 0 Å². The highest BCUT2D eigenvalue weighted by Crippen LogP contribution is 2.20. The third kappa shape index (κ3) is 4.50. The molecule has 0 aromatic heterocycles. The van der Waals surface area contributed by atoms with Crippen molar-refractivity contribution in [3.8, 4) is 0 Å². The molecular weight excluding hydrogens is 248 g/mol. The van der Waals surface area contributed by atoms with Gasteiger partial charge in [0.2, 0.25) is 0 Å². The Morgan fingerprint density at radius 3 is 2.55 bits per heavy atom. The number of aliphatic hydroxyl groups excluding tert-OH is 1. The van der Waals surface area contributed by atoms with E-state index in [0.29, 0.717) is 0 Å². The van der Waals surface area contributed by atoms with Gasteiger partial charge in [-0.3, -0.25) is 0 Å². The van der Waals surface area contributed by atoms with Crippen molar-refractivity contribution in [2.45, 2.75) is 45.6 Å². The van der Waals surface area contributed by atoms with Crippen LogP contribution in [0.4, 0.5) is 5.69 Å². The molecule has 3 heteroatoms. The predicted octanol–water partition coefficient (Wildman–Crippen LogP) is 2.96. The average molecular weight is 278 g/mol. The maximum Gasteiger partial charge on any atom is 0.0613 e. The molecule has 0 aliphatic heterocycles. The number of nitrogens with zero attached hydrogens (tertiary/aromatic N) is 1. The number of nitrogens with one attached hydrogen (secondary N) is 1. The summed E-state index contributed by atoms with van der Waals surface area (Å²) in [4.78, 5) is 2.40. The summed E-state index contributed by atoms with van der Waals surface area (Å²) in [5, 5.41) is 12.9. The molecule has 1 rings (SSSR count). The molecule has 20 heavy (non-hydrogen) atoms. The number of rotatable bonds is 9. The first-order valence-corrected chi connectivity index (χ1v) is 7.72. The SMILES string of the molecule is CCN(CCCC(CC)(CO)NC)c1cccc(C)c1. The summed E-state index contributed by atoms with van der Waals surface area (Å²) >= 11 is 0. The van der Waals surface area contributed by atoms with E-state index in [-0.39, 0.29) is 12.1 Å². The van der Waals surface area contributed by atoms with E-state index in [9.17, 15) is 5.11 Å². The minimum Gasteiger partial charge on any atom is -0.394 e. The van der Waals surface area contributed by atoms with Crippen molar-refractivity contribution in [1.82, 2.24) is 5.32 Å². The Kier molecular flexibility index (Phi) is 7.03. The van der Waals surface area contributed by atoms with Crippen LogP contribution >= 0.6 is 0 Å². The van der Waals surface area contributed by atoms with Crippen LogP contribution in [0.1, 0.15) is 38.7 Å². The summed E-state index contributed by atoms with van der Waals surface area (Å²) in [5.74, 6) is 0. The molecule has 0 radical (unpaired) electrons. The van der Waals surface area contributed by atoms with Crippen molar-refractivity contribution < 1.29 is 5.11 Å². The van der Waals surface area contributed by atoms with Gasteiger partial charge in [0.1, 0.15) is 0 Å². The lowest BCUT2D eigenvalue weighted by Gasteiger charge is -2.32. The topological polar surface area (TPSA) is 35.5 Å². The van der Waals surface area contributed by atoms with Gasteiger partial charge in [0.25, 0.3) is 0 Å². The first-order chi connectivity index (χ1) is 9.60. The largest absolute Gasteiger partial charge is 0.394 e. The zero-order valence-corrected chi connectivity index (χ0v) is 13.4. The van der Waals surface area contributed by atoms with E-state index in [0.717, 1.165) is 32.4 Å². The van der Waals surface area contributed by atoms with Gasteiger partial charge in [-0.05, 0) is 57.9 Å². The highest BCUT2D eigenvalue weighted by molar-refractivity contribution is 5.48. The molecule has 1 aromatic rings. The van der Waals surface area contributed by atoms with Crippen LogP contribution in [0.25, 0.3) is 0 Å². The van der Waals surface area contributed by atoms with Crippen molar-refractivity contribution in [3.05, 3.63) is 29.8 Å². The Labute approximate surface area is 124 Å². The predicted molar refractivity (Wildman–Crippen MR) is 87.5 cm³/mol. The van der Waals surface area contributed by atoms with Gasteiger partial charge in [-0.1, -0.05) is 19.1 Å². The molecule has 2 N–H and O–H groups in total. The lowest BCUT2D eigenvalue weighted by Crippen LogP contribution is -2.46. The van der Waals surface area contributed by atoms with Crippen LogP contribution in [0, 0.1) is 6.92 Å². The first-order valence-electron chi connectivity index (χ1n) is 7.72. The van der Waals surface area contributed by atoms with Crippen LogP contribution in [0.15, 0.2) is 24.3 Å². The van der Waals surface area contributed by atoms with Gasteiger partial charge in [-0.15, -0.1) is 0 Å². The van der Waals surface area contributed by atoms with E-state index in [2.05, 4.69) is 55.3 Å². The molecule has 1 unspecified atom stereocenters. The Morgan fingerprint density at radius 2 is 2.05 bits per heavy atom. The van der Waals surface area contributed by atoms with Gasteiger partial charge in [0.05, 0.1) is 6.61 Å². The summed E-state index contributed by atoms with van der Waals surface area (Å²) in [6.45, 7) is 8.71. The fourth-order valence-electron chi connectivity index (χ4n) is 2.65. The Balaban J connectivity index is 2.58. The Morgan fingerprint density at radius 1 is 1.30 bits per heavy atom. The molecular formula is C17H30N2O. The minimum atomic E-state index is -0.119. The maximum atomic E-state index is 9.58. The number of aliphatic hydroxyl groups is 1. The van der Waals surface area contributed by atoms with Gasteiger partial charge in [0, 0.05) is 24.3 Å². The second-order valence-corrected chi connectivity index (χ2v) is 5.56. The molecule has 0 spiro atoms. The molecule has 0 aliphatic carbocycles. The molecule has 0 saturated carbocycles. The molecule has 3 nitrogen and oxygen atoms in total. The number of hydrogen-bond donors (Lipinski definition) is 2. The summed E-state index contributed by atoms with van der Waals surface area (Å²) in [5.41, 5.74) is 2.48. The van der Waals surface area contributed by atoms with Gasteiger partial charge in [0.15, 0.2) is 0 Å². The fourth-order valence-corrected chi connectivity index (χ4v) is 2.65. The number of anilines is 1. The van der Waals surface area contributed by atoms with Crippen LogP contribution in [-0.4, -0.2) is 37.4 Å². The molecule has 1 atom stereocenters. The highest BCUT2D eigenvalue weighted by Gasteiger charge is 2.24. The van der Waals surface area contributed by atoms with E-state index in [1.165, 1.54) is 11.3 Å². The quantitative estimate of drug-likeness (QED) is 0.729. The fraction of sp³-hybridized carbons (Fsp3) is 0.647. The average Bonchev–Trinajstić information content (AvgIpc) is 2.48. The van der Waals surface area contributed by atoms with E-state index >= 15 is 0 Å². The second kappa shape index (κ2) is 8.28. The Bertz CT molecular complexity index is 380. The van der Waals surface area contributed by atoms with Crippen molar-refractivity contribution in [1.29, 1.82) is 0 Å². The van der Waals surface area contributed by atoms with E-state index in [1.807, 2.05) is 7.05 Å². The van der Waals surface area contributed by atoms with Crippen molar-refractivity contribution in [2.75, 3.05) is 31.6 Å². The lowest BCUT2D eigenvalue weighted by atomic mass is 9.91. The van der Waals surface area contributed by atoms with Gasteiger partial charge < -0.3 is 15.3 Å². The summed E-state index contributed by atoms with van der Waals surface area (Å²) < 4.78 is 0. The molecule has 0 aliphatic rings. The normalized spacial score (nSPS) is 14.1. The van der Waals surface area contributed by atoms with Crippen LogP contribution in [0.2, 0.25) is 0 Å². The number of likely N-dealkylation sites (N-methyl/N-ethyl adjacent to an activating group) is 1. The first kappa shape index (κ1) is 17.0. The number of benzene rings is 1. The Hall–Kier alpha value is -1.06. The summed E-state index contributed by atoms with van der Waals surface area (Å²) in [7, 11) is 1.94. The van der Waals surface area contributed by atoms with Crippen LogP contribution in [-0.2, 0) is 0 Å². The zero-order chi connectivity index (χ0) is 15.0. The standard InChI is InChI=1S/C17H30N2O/c1-5-17(14-20,18-4)11-8-12-19(6-2)16-10-7-9-15(3)13-16/h7,9-10,13,18,20H,5-6,8,11-12,14H2,1-4H3. The monoisotopic (exact) mass is 278 g/mol.